The van der Waals surface area contributed by atoms with E-state index in [1.54, 1.807) is 11.8 Å². The van der Waals surface area contributed by atoms with Crippen molar-refractivity contribution in [3.05, 3.63) is 47.5 Å². The molecule has 134 valence electrons. The quantitative estimate of drug-likeness (QED) is 0.741. The van der Waals surface area contributed by atoms with E-state index in [0.717, 1.165) is 51.4 Å². The summed E-state index contributed by atoms with van der Waals surface area (Å²) in [6.45, 7) is 4.76. The van der Waals surface area contributed by atoms with E-state index in [2.05, 4.69) is 21.2 Å². The first-order valence-electron chi connectivity index (χ1n) is 8.63. The first-order valence-corrected chi connectivity index (χ1v) is 9.61. The number of aromatic nitrogens is 3. The highest BCUT2D eigenvalue weighted by Crippen LogP contribution is 2.32. The van der Waals surface area contributed by atoms with Crippen LogP contribution in [0.15, 0.2) is 40.1 Å². The minimum absolute atomic E-state index is 0.0291. The number of amides is 1. The molecule has 0 saturated carbocycles. The van der Waals surface area contributed by atoms with E-state index in [0.29, 0.717) is 12.8 Å². The fourth-order valence-corrected chi connectivity index (χ4v) is 4.11. The van der Waals surface area contributed by atoms with E-state index in [1.165, 1.54) is 0 Å². The number of nitrogens with one attached hydrogen (secondary N) is 1. The van der Waals surface area contributed by atoms with Crippen LogP contribution in [-0.2, 0) is 17.8 Å². The lowest BCUT2D eigenvalue weighted by Crippen LogP contribution is -2.13. The van der Waals surface area contributed by atoms with Crippen molar-refractivity contribution in [2.75, 3.05) is 11.1 Å². The van der Waals surface area contributed by atoms with E-state index < -0.39 is 0 Å². The number of hydrogen-bond acceptors (Lipinski definition) is 5. The molecule has 6 nitrogen and oxygen atoms in total. The van der Waals surface area contributed by atoms with E-state index in [-0.39, 0.29) is 5.91 Å². The van der Waals surface area contributed by atoms with Gasteiger partial charge >= 0.3 is 0 Å². The van der Waals surface area contributed by atoms with Crippen LogP contribution in [0.25, 0.3) is 11.3 Å². The van der Waals surface area contributed by atoms with Gasteiger partial charge in [0.2, 0.25) is 5.91 Å². The number of anilines is 1. The van der Waals surface area contributed by atoms with E-state index in [9.17, 15) is 4.79 Å². The second-order valence-corrected chi connectivity index (χ2v) is 7.41. The van der Waals surface area contributed by atoms with Gasteiger partial charge in [0.05, 0.1) is 17.1 Å². The molecule has 26 heavy (non-hydrogen) atoms. The van der Waals surface area contributed by atoms with Gasteiger partial charge in [-0.05, 0) is 26.3 Å². The number of carbonyl (C=O) groups is 1. The van der Waals surface area contributed by atoms with E-state index in [1.807, 2.05) is 38.1 Å². The molecule has 4 rings (SSSR count). The van der Waals surface area contributed by atoms with Crippen molar-refractivity contribution in [3.8, 4) is 11.3 Å². The van der Waals surface area contributed by atoms with Gasteiger partial charge in [0.25, 0.3) is 0 Å². The first-order chi connectivity index (χ1) is 12.6. The molecule has 1 aromatic carbocycles. The van der Waals surface area contributed by atoms with E-state index in [4.69, 9.17) is 9.51 Å². The number of benzene rings is 1. The largest absolute Gasteiger partial charge is 0.361 e. The van der Waals surface area contributed by atoms with Crippen LogP contribution in [0.2, 0.25) is 0 Å². The van der Waals surface area contributed by atoms with Crippen LogP contribution in [0.3, 0.4) is 0 Å². The third-order valence-corrected chi connectivity index (χ3v) is 5.53. The molecule has 0 radical (unpaired) electrons. The van der Waals surface area contributed by atoms with Crippen molar-refractivity contribution in [1.82, 2.24) is 14.7 Å². The van der Waals surface area contributed by atoms with Gasteiger partial charge in [0, 0.05) is 36.0 Å². The predicted octanol–water partition coefficient (Wildman–Crippen LogP) is 3.83. The predicted molar refractivity (Wildman–Crippen MR) is 101 cm³/mol. The molecule has 1 aliphatic rings. The fraction of sp³-hybridized carbons (Fsp3) is 0.316. The lowest BCUT2D eigenvalue weighted by Gasteiger charge is -2.09. The smallest absolute Gasteiger partial charge is 0.224 e. The molecule has 2 aromatic heterocycles. The third-order valence-electron chi connectivity index (χ3n) is 4.56. The van der Waals surface area contributed by atoms with Crippen LogP contribution in [0, 0.1) is 13.8 Å². The number of fused-ring (bicyclic) bond motifs is 1. The fourth-order valence-electron chi connectivity index (χ4n) is 3.16. The van der Waals surface area contributed by atoms with Crippen LogP contribution in [0.1, 0.15) is 23.4 Å². The molecule has 0 aliphatic carbocycles. The molecule has 1 N–H and O–H groups in total. The Bertz CT molecular complexity index is 919. The Morgan fingerprint density at radius 2 is 2.19 bits per heavy atom. The summed E-state index contributed by atoms with van der Waals surface area (Å²) in [6, 6.07) is 7.80. The summed E-state index contributed by atoms with van der Waals surface area (Å²) in [5.41, 5.74) is 4.49. The Labute approximate surface area is 156 Å². The lowest BCUT2D eigenvalue weighted by molar-refractivity contribution is -0.116. The van der Waals surface area contributed by atoms with Crippen LogP contribution >= 0.6 is 11.8 Å². The zero-order chi connectivity index (χ0) is 18.1. The number of imidazole rings is 1. The lowest BCUT2D eigenvalue weighted by atomic mass is 10.1. The molecule has 1 aliphatic heterocycles. The summed E-state index contributed by atoms with van der Waals surface area (Å²) in [6.07, 6.45) is 3.06. The monoisotopic (exact) mass is 368 g/mol. The molecule has 3 heterocycles. The zero-order valence-corrected chi connectivity index (χ0v) is 15.6. The normalized spacial score (nSPS) is 13.0. The van der Waals surface area contributed by atoms with Gasteiger partial charge in [0.1, 0.15) is 5.76 Å². The third kappa shape index (κ3) is 3.26. The Morgan fingerprint density at radius 3 is 2.96 bits per heavy atom. The minimum Gasteiger partial charge on any atom is -0.361 e. The summed E-state index contributed by atoms with van der Waals surface area (Å²) in [5.74, 6) is 1.82. The maximum absolute atomic E-state index is 12.5. The van der Waals surface area contributed by atoms with Crippen molar-refractivity contribution in [2.24, 2.45) is 0 Å². The number of carbonyl (C=O) groups excluding carboxylic acids is 1. The topological polar surface area (TPSA) is 73.0 Å². The van der Waals surface area contributed by atoms with Crippen molar-refractivity contribution >= 4 is 23.4 Å². The molecule has 0 unspecified atom stereocenters. The number of para-hydroxylation sites is 1. The van der Waals surface area contributed by atoms with Gasteiger partial charge in [-0.15, -0.1) is 0 Å². The molecule has 0 atom stereocenters. The molecule has 7 heteroatoms. The second-order valence-electron chi connectivity index (χ2n) is 6.35. The standard InChI is InChI=1S/C19H20N4O2S/c1-12-14(13(2)25-22-12)7-8-18(24)20-16-6-4-3-5-15(16)17-11-23-9-10-26-19(23)21-17/h3-6,11H,7-10H2,1-2H3,(H,20,24). The Balaban J connectivity index is 1.48. The summed E-state index contributed by atoms with van der Waals surface area (Å²) in [5, 5.41) is 8.01. The van der Waals surface area contributed by atoms with Crippen molar-refractivity contribution in [1.29, 1.82) is 0 Å². The minimum atomic E-state index is -0.0291. The van der Waals surface area contributed by atoms with Gasteiger partial charge in [-0.2, -0.15) is 0 Å². The molecule has 0 saturated heterocycles. The summed E-state index contributed by atoms with van der Waals surface area (Å²) in [7, 11) is 0. The van der Waals surface area contributed by atoms with Gasteiger partial charge < -0.3 is 14.4 Å². The van der Waals surface area contributed by atoms with Gasteiger partial charge in [-0.1, -0.05) is 35.1 Å². The molecular weight excluding hydrogens is 348 g/mol. The molecule has 0 fully saturated rings. The Morgan fingerprint density at radius 1 is 1.35 bits per heavy atom. The number of hydrogen-bond donors (Lipinski definition) is 1. The SMILES string of the molecule is Cc1noc(C)c1CCC(=O)Nc1ccccc1-c1cn2c(n1)SCC2. The highest BCUT2D eigenvalue weighted by molar-refractivity contribution is 7.99. The highest BCUT2D eigenvalue weighted by atomic mass is 32.2. The number of thioether (sulfide) groups is 1. The van der Waals surface area contributed by atoms with Gasteiger partial charge in [-0.3, -0.25) is 4.79 Å². The van der Waals surface area contributed by atoms with Crippen LogP contribution in [0.4, 0.5) is 5.69 Å². The molecule has 0 bridgehead atoms. The van der Waals surface area contributed by atoms with Gasteiger partial charge in [-0.25, -0.2) is 4.98 Å². The molecule has 3 aromatic rings. The summed E-state index contributed by atoms with van der Waals surface area (Å²) >= 11 is 1.76. The molecular formula is C19H20N4O2S. The molecule has 1 amide bonds. The number of aryl methyl sites for hydroxylation is 3. The Hall–Kier alpha value is -2.54. The van der Waals surface area contributed by atoms with Crippen LogP contribution in [-0.4, -0.2) is 26.4 Å². The Kier molecular flexibility index (Phi) is 4.55. The van der Waals surface area contributed by atoms with Gasteiger partial charge in [0.15, 0.2) is 5.16 Å². The maximum atomic E-state index is 12.5. The van der Waals surface area contributed by atoms with Crippen LogP contribution < -0.4 is 5.32 Å². The molecule has 0 spiro atoms. The van der Waals surface area contributed by atoms with E-state index >= 15 is 0 Å². The zero-order valence-electron chi connectivity index (χ0n) is 14.8. The summed E-state index contributed by atoms with van der Waals surface area (Å²) < 4.78 is 7.32. The summed E-state index contributed by atoms with van der Waals surface area (Å²) in [4.78, 5) is 17.2. The number of nitrogens with zero attached hydrogens (tertiary/aromatic N) is 3. The van der Waals surface area contributed by atoms with Crippen molar-refractivity contribution in [2.45, 2.75) is 38.4 Å². The van der Waals surface area contributed by atoms with Crippen LogP contribution in [0.5, 0.6) is 0 Å². The highest BCUT2D eigenvalue weighted by Gasteiger charge is 2.18. The number of rotatable bonds is 5. The average Bonchev–Trinajstić information content (AvgIpc) is 3.30. The maximum Gasteiger partial charge on any atom is 0.224 e. The van der Waals surface area contributed by atoms with Crippen molar-refractivity contribution in [3.63, 3.8) is 0 Å². The van der Waals surface area contributed by atoms with Crippen molar-refractivity contribution < 1.29 is 9.32 Å². The second kappa shape index (κ2) is 6.99. The first kappa shape index (κ1) is 16.9. The average molecular weight is 368 g/mol.